The highest BCUT2D eigenvalue weighted by atomic mass is 35.5. The first kappa shape index (κ1) is 13.9. The van der Waals surface area contributed by atoms with Crippen LogP contribution in [0, 0.1) is 17.7 Å². The number of hydrogen-bond acceptors (Lipinski definition) is 2. The zero-order valence-electron chi connectivity index (χ0n) is 8.79. The smallest absolute Gasteiger partial charge is 0.199 e. The van der Waals surface area contributed by atoms with Gasteiger partial charge in [-0.15, -0.1) is 0 Å². The van der Waals surface area contributed by atoms with Crippen LogP contribution in [-0.4, -0.2) is 11.9 Å². The lowest BCUT2D eigenvalue weighted by molar-refractivity contribution is 1.20. The molecule has 0 aliphatic rings. The van der Waals surface area contributed by atoms with Crippen molar-refractivity contribution in [3.63, 3.8) is 0 Å². The van der Waals surface area contributed by atoms with Gasteiger partial charge in [-0.05, 0) is 18.6 Å². The molecule has 0 radical (unpaired) electrons. The summed E-state index contributed by atoms with van der Waals surface area (Å²) in [6.45, 7) is 1.74. The van der Waals surface area contributed by atoms with Crippen molar-refractivity contribution in [1.82, 2.24) is 5.32 Å². The van der Waals surface area contributed by atoms with Crippen molar-refractivity contribution < 1.29 is 0 Å². The average Bonchev–Trinajstić information content (AvgIpc) is 2.21. The molecule has 0 heterocycles. The summed E-state index contributed by atoms with van der Waals surface area (Å²) >= 11 is 17.9. The Morgan fingerprint density at radius 3 is 2.35 bits per heavy atom. The van der Waals surface area contributed by atoms with Crippen LogP contribution < -0.4 is 16.4 Å². The van der Waals surface area contributed by atoms with Crippen LogP contribution >= 0.6 is 34.8 Å². The molecule has 0 aliphatic carbocycles. The van der Waals surface area contributed by atoms with Gasteiger partial charge in [0.05, 0.1) is 15.7 Å². The van der Waals surface area contributed by atoms with E-state index >= 15 is 0 Å². The van der Waals surface area contributed by atoms with Crippen LogP contribution in [0.25, 0.3) is 0 Å². The Hall–Kier alpha value is -1.17. The van der Waals surface area contributed by atoms with E-state index in [-0.39, 0.29) is 16.9 Å². The molecule has 1 aromatic rings. The molecule has 0 unspecified atom stereocenters. The lowest BCUT2D eigenvalue weighted by Crippen LogP contribution is -2.39. The molecular weight excluding hydrogens is 284 g/mol. The molecular formula is C9H10Cl3N5. The molecule has 0 saturated heterocycles. The maximum absolute atomic E-state index is 7.46. The molecule has 8 heteroatoms. The number of rotatable bonds is 1. The highest BCUT2D eigenvalue weighted by Gasteiger charge is 2.12. The Kier molecular flexibility index (Phi) is 4.45. The minimum absolute atomic E-state index is 0.199. The Morgan fingerprint density at radius 2 is 1.82 bits per heavy atom. The number of nitrogens with one attached hydrogen (secondary N) is 4. The molecule has 92 valence electrons. The van der Waals surface area contributed by atoms with E-state index in [4.69, 9.17) is 51.4 Å². The van der Waals surface area contributed by atoms with Gasteiger partial charge in [0.2, 0.25) is 0 Å². The van der Waals surface area contributed by atoms with Gasteiger partial charge in [-0.1, -0.05) is 34.8 Å². The van der Waals surface area contributed by atoms with Crippen LogP contribution in [0.3, 0.4) is 0 Å². The highest BCUT2D eigenvalue weighted by molar-refractivity contribution is 6.46. The zero-order valence-corrected chi connectivity index (χ0v) is 11.1. The maximum atomic E-state index is 7.46. The molecule has 0 aromatic heterocycles. The van der Waals surface area contributed by atoms with E-state index in [1.165, 1.54) is 0 Å². The van der Waals surface area contributed by atoms with Crippen LogP contribution in [0.1, 0.15) is 5.56 Å². The fourth-order valence-corrected chi connectivity index (χ4v) is 1.78. The van der Waals surface area contributed by atoms with Gasteiger partial charge >= 0.3 is 0 Å². The molecule has 0 spiro atoms. The average molecular weight is 295 g/mol. The Balaban J connectivity index is 3.00. The number of guanidine groups is 2. The second kappa shape index (κ2) is 5.44. The van der Waals surface area contributed by atoms with Crippen molar-refractivity contribution in [2.75, 3.05) is 5.32 Å². The third-order valence-corrected chi connectivity index (χ3v) is 3.26. The summed E-state index contributed by atoms with van der Waals surface area (Å²) in [6.07, 6.45) is 0. The number of hydrogen-bond donors (Lipinski definition) is 5. The monoisotopic (exact) mass is 293 g/mol. The molecule has 1 rings (SSSR count). The highest BCUT2D eigenvalue weighted by Crippen LogP contribution is 2.37. The number of anilines is 1. The lowest BCUT2D eigenvalue weighted by Gasteiger charge is -2.13. The fourth-order valence-electron chi connectivity index (χ4n) is 1.08. The zero-order chi connectivity index (χ0) is 13.2. The second-order valence-corrected chi connectivity index (χ2v) is 4.36. The summed E-state index contributed by atoms with van der Waals surface area (Å²) in [5.74, 6) is -0.557. The fraction of sp³-hybridized carbons (Fsp3) is 0.111. The van der Waals surface area contributed by atoms with Crippen LogP contribution in [0.2, 0.25) is 15.1 Å². The first-order valence-electron chi connectivity index (χ1n) is 4.43. The normalized spacial score (nSPS) is 9.88. The van der Waals surface area contributed by atoms with E-state index in [2.05, 4.69) is 10.6 Å². The SMILES string of the molecule is Cc1c(Cl)cc(NC(=N)NC(=N)N)c(Cl)c1Cl. The lowest BCUT2D eigenvalue weighted by atomic mass is 10.2. The molecule has 0 fully saturated rings. The first-order valence-corrected chi connectivity index (χ1v) is 5.57. The predicted octanol–water partition coefficient (Wildman–Crippen LogP) is 2.78. The number of nitrogens with two attached hydrogens (primary N) is 1. The van der Waals surface area contributed by atoms with Gasteiger partial charge < -0.3 is 11.1 Å². The van der Waals surface area contributed by atoms with E-state index < -0.39 is 0 Å². The van der Waals surface area contributed by atoms with Crippen molar-refractivity contribution in [2.45, 2.75) is 6.92 Å². The summed E-state index contributed by atoms with van der Waals surface area (Å²) in [5.41, 5.74) is 6.10. The van der Waals surface area contributed by atoms with Crippen molar-refractivity contribution in [3.05, 3.63) is 26.7 Å². The summed E-state index contributed by atoms with van der Waals surface area (Å²) < 4.78 is 0. The first-order chi connectivity index (χ1) is 7.82. The van der Waals surface area contributed by atoms with Gasteiger partial charge in [-0.3, -0.25) is 16.1 Å². The molecule has 0 amide bonds. The Morgan fingerprint density at radius 1 is 1.24 bits per heavy atom. The van der Waals surface area contributed by atoms with Gasteiger partial charge in [0.25, 0.3) is 0 Å². The van der Waals surface area contributed by atoms with E-state index in [9.17, 15) is 0 Å². The summed E-state index contributed by atoms with van der Waals surface area (Å²) in [5, 5.41) is 20.3. The minimum atomic E-state index is -0.358. The third-order valence-electron chi connectivity index (χ3n) is 1.91. The number of halogens is 3. The topological polar surface area (TPSA) is 97.8 Å². The molecule has 0 saturated carbocycles. The molecule has 1 aromatic carbocycles. The summed E-state index contributed by atoms with van der Waals surface area (Å²) in [4.78, 5) is 0. The molecule has 0 atom stereocenters. The molecule has 0 bridgehead atoms. The number of benzene rings is 1. The van der Waals surface area contributed by atoms with Crippen molar-refractivity contribution in [2.24, 2.45) is 5.73 Å². The van der Waals surface area contributed by atoms with Crippen molar-refractivity contribution in [1.29, 1.82) is 10.8 Å². The van der Waals surface area contributed by atoms with Crippen molar-refractivity contribution in [3.8, 4) is 0 Å². The van der Waals surface area contributed by atoms with Gasteiger partial charge in [0.1, 0.15) is 0 Å². The second-order valence-electron chi connectivity index (χ2n) is 3.20. The molecule has 17 heavy (non-hydrogen) atoms. The van der Waals surface area contributed by atoms with E-state index in [1.54, 1.807) is 13.0 Å². The van der Waals surface area contributed by atoms with Crippen LogP contribution in [-0.2, 0) is 0 Å². The van der Waals surface area contributed by atoms with Crippen LogP contribution in [0.15, 0.2) is 6.07 Å². The summed E-state index contributed by atoms with van der Waals surface area (Å²) in [7, 11) is 0. The molecule has 6 N–H and O–H groups in total. The minimum Gasteiger partial charge on any atom is -0.370 e. The molecule has 0 aliphatic heterocycles. The maximum Gasteiger partial charge on any atom is 0.199 e. The van der Waals surface area contributed by atoms with Gasteiger partial charge in [0, 0.05) is 5.02 Å². The largest absolute Gasteiger partial charge is 0.370 e. The van der Waals surface area contributed by atoms with Crippen LogP contribution in [0.4, 0.5) is 5.69 Å². The van der Waals surface area contributed by atoms with Gasteiger partial charge in [-0.25, -0.2) is 0 Å². The van der Waals surface area contributed by atoms with Crippen molar-refractivity contribution >= 4 is 52.4 Å². The standard InChI is InChI=1S/C9H10Cl3N5/c1-3-4(10)2-5(7(12)6(3)11)16-9(15)17-8(13)14/h2H,1H3,(H6,13,14,15,16,17). The van der Waals surface area contributed by atoms with Crippen LogP contribution in [0.5, 0.6) is 0 Å². The quantitative estimate of drug-likeness (QED) is 0.313. The Bertz CT molecular complexity index is 486. The summed E-state index contributed by atoms with van der Waals surface area (Å²) in [6, 6.07) is 1.54. The van der Waals surface area contributed by atoms with E-state index in [0.29, 0.717) is 21.3 Å². The Labute approximate surface area is 113 Å². The van der Waals surface area contributed by atoms with E-state index in [0.717, 1.165) is 0 Å². The third kappa shape index (κ3) is 3.39. The molecule has 5 nitrogen and oxygen atoms in total. The predicted molar refractivity (Wildman–Crippen MR) is 72.6 cm³/mol. The van der Waals surface area contributed by atoms with E-state index in [1.807, 2.05) is 0 Å². The van der Waals surface area contributed by atoms with Gasteiger partial charge in [-0.2, -0.15) is 0 Å². The van der Waals surface area contributed by atoms with Gasteiger partial charge in [0.15, 0.2) is 11.9 Å².